The van der Waals surface area contributed by atoms with Gasteiger partial charge in [0.2, 0.25) is 5.79 Å². The first-order chi connectivity index (χ1) is 17.4. The Morgan fingerprint density at radius 3 is 2.53 bits per heavy atom. The van der Waals surface area contributed by atoms with Crippen LogP contribution in [0, 0.1) is 11.6 Å². The molecule has 0 saturated carbocycles. The number of benzene rings is 2. The first kappa shape index (κ1) is 24.6. The number of nitrogens with zero attached hydrogens (tertiary/aromatic N) is 5. The third-order valence-corrected chi connectivity index (χ3v) is 6.72. The van der Waals surface area contributed by atoms with Crippen LogP contribution in [0.25, 0.3) is 0 Å². The van der Waals surface area contributed by atoms with Crippen molar-refractivity contribution in [3.8, 4) is 5.75 Å². The Balaban J connectivity index is 1.21. The maximum absolute atomic E-state index is 14.7. The van der Waals surface area contributed by atoms with E-state index in [1.807, 2.05) is 12.1 Å². The van der Waals surface area contributed by atoms with Gasteiger partial charge in [-0.2, -0.15) is 5.10 Å². The lowest BCUT2D eigenvalue weighted by atomic mass is 10.0. The maximum atomic E-state index is 14.7. The molecule has 0 amide bonds. The minimum atomic E-state index is -1.47. The highest BCUT2D eigenvalue weighted by Gasteiger charge is 2.46. The van der Waals surface area contributed by atoms with Gasteiger partial charge in [-0.1, -0.05) is 0 Å². The second-order valence-electron chi connectivity index (χ2n) is 9.44. The molecule has 5 rings (SSSR count). The molecule has 2 aliphatic rings. The largest absolute Gasteiger partial charge is 0.491 e. The molecule has 0 aliphatic carbocycles. The molecule has 8 nitrogen and oxygen atoms in total. The average Bonchev–Trinajstić information content (AvgIpc) is 3.54. The molecule has 3 heterocycles. The second kappa shape index (κ2) is 10.5. The lowest BCUT2D eigenvalue weighted by molar-refractivity contribution is -0.192. The van der Waals surface area contributed by atoms with E-state index in [9.17, 15) is 8.78 Å². The van der Waals surface area contributed by atoms with Gasteiger partial charge in [0.25, 0.3) is 0 Å². The van der Waals surface area contributed by atoms with E-state index in [4.69, 9.17) is 14.2 Å². The van der Waals surface area contributed by atoms with Gasteiger partial charge >= 0.3 is 0 Å². The third kappa shape index (κ3) is 5.35. The highest BCUT2D eigenvalue weighted by atomic mass is 19.1. The van der Waals surface area contributed by atoms with Gasteiger partial charge in [-0.15, -0.1) is 0 Å². The van der Waals surface area contributed by atoms with Gasteiger partial charge in [0.15, 0.2) is 0 Å². The molecule has 192 valence electrons. The maximum Gasteiger partial charge on any atom is 0.218 e. The van der Waals surface area contributed by atoms with Gasteiger partial charge in [-0.25, -0.2) is 18.4 Å². The van der Waals surface area contributed by atoms with E-state index in [1.54, 1.807) is 0 Å². The van der Waals surface area contributed by atoms with Crippen molar-refractivity contribution < 1.29 is 23.0 Å². The SMILES string of the molecule is CC(C)N1CCN(c2ccc(OCC3COC(Cn4cncn4)(c4ccc(F)cc4F)O3)cc2)CC1. The van der Waals surface area contributed by atoms with Crippen LogP contribution in [-0.4, -0.2) is 71.2 Å². The first-order valence-electron chi connectivity index (χ1n) is 12.2. The van der Waals surface area contributed by atoms with Gasteiger partial charge in [-0.05, 0) is 50.2 Å². The van der Waals surface area contributed by atoms with Crippen molar-refractivity contribution in [3.63, 3.8) is 0 Å². The zero-order valence-corrected chi connectivity index (χ0v) is 20.5. The Morgan fingerprint density at radius 2 is 1.86 bits per heavy atom. The first-order valence-corrected chi connectivity index (χ1v) is 12.2. The van der Waals surface area contributed by atoms with Crippen LogP contribution in [0.3, 0.4) is 0 Å². The molecular weight excluding hydrogens is 468 g/mol. The van der Waals surface area contributed by atoms with Gasteiger partial charge in [-0.3, -0.25) is 4.90 Å². The van der Waals surface area contributed by atoms with Crippen LogP contribution in [0.1, 0.15) is 19.4 Å². The predicted molar refractivity (Wildman–Crippen MR) is 130 cm³/mol. The predicted octanol–water partition coefficient (Wildman–Crippen LogP) is 3.43. The minimum Gasteiger partial charge on any atom is -0.491 e. The number of hydrogen-bond acceptors (Lipinski definition) is 7. The van der Waals surface area contributed by atoms with E-state index < -0.39 is 23.5 Å². The normalized spacial score (nSPS) is 22.9. The van der Waals surface area contributed by atoms with E-state index in [1.165, 1.54) is 35.2 Å². The van der Waals surface area contributed by atoms with Crippen LogP contribution in [0.4, 0.5) is 14.5 Å². The number of halogens is 2. The molecule has 2 atom stereocenters. The van der Waals surface area contributed by atoms with Crippen molar-refractivity contribution in [2.75, 3.05) is 44.3 Å². The number of piperazine rings is 1. The summed E-state index contributed by atoms with van der Waals surface area (Å²) in [5, 5.41) is 4.09. The van der Waals surface area contributed by atoms with E-state index in [0.29, 0.717) is 11.8 Å². The van der Waals surface area contributed by atoms with Crippen molar-refractivity contribution in [2.24, 2.45) is 0 Å². The molecule has 3 aromatic rings. The van der Waals surface area contributed by atoms with Crippen molar-refractivity contribution in [1.82, 2.24) is 19.7 Å². The fourth-order valence-electron chi connectivity index (χ4n) is 4.72. The summed E-state index contributed by atoms with van der Waals surface area (Å²) < 4.78 is 47.9. The minimum absolute atomic E-state index is 0.0603. The summed E-state index contributed by atoms with van der Waals surface area (Å²) in [5.41, 5.74) is 1.27. The fraction of sp³-hybridized carbons (Fsp3) is 0.462. The van der Waals surface area contributed by atoms with Crippen molar-refractivity contribution in [1.29, 1.82) is 0 Å². The summed E-state index contributed by atoms with van der Waals surface area (Å²) in [4.78, 5) is 8.79. The summed E-state index contributed by atoms with van der Waals surface area (Å²) in [5.74, 6) is -2.18. The zero-order chi connectivity index (χ0) is 25.1. The highest BCUT2D eigenvalue weighted by molar-refractivity contribution is 5.49. The van der Waals surface area contributed by atoms with Gasteiger partial charge in [0.1, 0.15) is 49.3 Å². The molecule has 0 spiro atoms. The molecule has 1 aromatic heterocycles. The summed E-state index contributed by atoms with van der Waals surface area (Å²) in [7, 11) is 0. The molecule has 36 heavy (non-hydrogen) atoms. The quantitative estimate of drug-likeness (QED) is 0.471. The zero-order valence-electron chi connectivity index (χ0n) is 20.5. The molecule has 2 aliphatic heterocycles. The molecule has 0 N–H and O–H groups in total. The van der Waals surface area contributed by atoms with Crippen LogP contribution < -0.4 is 9.64 Å². The number of ether oxygens (including phenoxy) is 3. The number of hydrogen-bond donors (Lipinski definition) is 0. The molecule has 0 radical (unpaired) electrons. The van der Waals surface area contributed by atoms with Gasteiger partial charge in [0, 0.05) is 49.5 Å². The van der Waals surface area contributed by atoms with Gasteiger partial charge in [0.05, 0.1) is 6.61 Å². The average molecular weight is 500 g/mol. The van der Waals surface area contributed by atoms with Gasteiger partial charge < -0.3 is 19.1 Å². The Hall–Kier alpha value is -3.08. The lowest BCUT2D eigenvalue weighted by Crippen LogP contribution is -2.48. The molecule has 2 aromatic carbocycles. The summed E-state index contributed by atoms with van der Waals surface area (Å²) in [6, 6.07) is 11.9. The summed E-state index contributed by atoms with van der Waals surface area (Å²) >= 11 is 0. The molecule has 2 unspecified atom stereocenters. The topological polar surface area (TPSA) is 64.9 Å². The second-order valence-corrected chi connectivity index (χ2v) is 9.44. The van der Waals surface area contributed by atoms with Crippen molar-refractivity contribution >= 4 is 5.69 Å². The van der Waals surface area contributed by atoms with Crippen LogP contribution >= 0.6 is 0 Å². The molecule has 10 heteroatoms. The van der Waals surface area contributed by atoms with E-state index >= 15 is 0 Å². The van der Waals surface area contributed by atoms with Crippen molar-refractivity contribution in [2.45, 2.75) is 38.3 Å². The number of aromatic nitrogens is 3. The fourth-order valence-corrected chi connectivity index (χ4v) is 4.72. The number of rotatable bonds is 8. The monoisotopic (exact) mass is 499 g/mol. The Morgan fingerprint density at radius 1 is 1.08 bits per heavy atom. The highest BCUT2D eigenvalue weighted by Crippen LogP contribution is 2.37. The van der Waals surface area contributed by atoms with Crippen LogP contribution in [0.15, 0.2) is 55.1 Å². The molecule has 2 fully saturated rings. The van der Waals surface area contributed by atoms with E-state index in [-0.39, 0.29) is 25.3 Å². The third-order valence-electron chi connectivity index (χ3n) is 6.72. The van der Waals surface area contributed by atoms with Crippen LogP contribution in [0.2, 0.25) is 0 Å². The Kier molecular flexibility index (Phi) is 7.17. The Bertz CT molecular complexity index is 1140. The van der Waals surface area contributed by atoms with E-state index in [0.717, 1.165) is 32.2 Å². The molecular formula is C26H31F2N5O3. The van der Waals surface area contributed by atoms with Crippen molar-refractivity contribution in [3.05, 3.63) is 72.3 Å². The smallest absolute Gasteiger partial charge is 0.218 e. The molecule has 2 saturated heterocycles. The Labute approximate surface area is 209 Å². The number of anilines is 1. The van der Waals surface area contributed by atoms with E-state index in [2.05, 4.69) is 45.9 Å². The summed E-state index contributed by atoms with van der Waals surface area (Å²) in [6.45, 7) is 9.03. The standard InChI is InChI=1S/C26H31F2N5O3/c1-19(2)31-9-11-32(12-10-31)21-4-6-22(7-5-21)34-14-23-15-35-26(36-23,16-33-18-29-17-30-33)24-8-3-20(27)13-25(24)28/h3-8,13,17-19,23H,9-12,14-16H2,1-2H3. The summed E-state index contributed by atoms with van der Waals surface area (Å²) in [6.07, 6.45) is 2.41. The molecule has 0 bridgehead atoms. The lowest BCUT2D eigenvalue weighted by Gasteiger charge is -2.38. The van der Waals surface area contributed by atoms with Crippen LogP contribution in [0.5, 0.6) is 5.75 Å². The van der Waals surface area contributed by atoms with Crippen LogP contribution in [-0.2, 0) is 21.8 Å².